The highest BCUT2D eigenvalue weighted by molar-refractivity contribution is 7.14. The summed E-state index contributed by atoms with van der Waals surface area (Å²) in [6.07, 6.45) is 0. The molecule has 4 aromatic rings. The minimum Gasteiger partial charge on any atom is -0.508 e. The van der Waals surface area contributed by atoms with E-state index in [1.165, 1.54) is 16.0 Å². The topological polar surface area (TPSA) is 97.1 Å². The minimum absolute atomic E-state index is 0.146. The number of nitrogens with zero attached hydrogens (tertiary/aromatic N) is 3. The predicted molar refractivity (Wildman–Crippen MR) is 114 cm³/mol. The number of nitrogens with one attached hydrogen (secondary N) is 1. The van der Waals surface area contributed by atoms with Gasteiger partial charge in [0.05, 0.1) is 17.1 Å². The molecule has 8 heteroatoms. The zero-order chi connectivity index (χ0) is 20.5. The van der Waals surface area contributed by atoms with Crippen molar-refractivity contribution in [1.82, 2.24) is 14.8 Å². The third-order valence-corrected chi connectivity index (χ3v) is 5.16. The van der Waals surface area contributed by atoms with Crippen LogP contribution in [0.4, 0.5) is 5.13 Å². The second kappa shape index (κ2) is 7.48. The molecule has 0 saturated carbocycles. The minimum atomic E-state index is -0.438. The first-order chi connectivity index (χ1) is 13.9. The summed E-state index contributed by atoms with van der Waals surface area (Å²) < 4.78 is 1.32. The fourth-order valence-electron chi connectivity index (χ4n) is 3.01. The molecule has 2 aromatic heterocycles. The van der Waals surface area contributed by atoms with Crippen LogP contribution in [-0.2, 0) is 0 Å². The number of phenolic OH excluding ortho intramolecular Hbond substituents is 1. The van der Waals surface area contributed by atoms with Crippen molar-refractivity contribution in [2.45, 2.75) is 19.9 Å². The van der Waals surface area contributed by atoms with Gasteiger partial charge in [0.15, 0.2) is 10.8 Å². The summed E-state index contributed by atoms with van der Waals surface area (Å²) in [5.74, 6) is -0.292. The van der Waals surface area contributed by atoms with Crippen molar-refractivity contribution in [3.63, 3.8) is 0 Å². The van der Waals surface area contributed by atoms with Crippen LogP contribution in [0, 0.1) is 0 Å². The van der Waals surface area contributed by atoms with E-state index in [1.54, 1.807) is 47.8 Å². The Morgan fingerprint density at radius 2 is 1.90 bits per heavy atom. The van der Waals surface area contributed by atoms with Crippen LogP contribution in [0.3, 0.4) is 0 Å². The average Bonchev–Trinajstić information content (AvgIpc) is 3.16. The molecule has 0 unspecified atom stereocenters. The molecule has 0 fully saturated rings. The first-order valence-corrected chi connectivity index (χ1v) is 9.90. The first-order valence-electron chi connectivity index (χ1n) is 9.02. The monoisotopic (exact) mass is 406 g/mol. The number of carbonyl (C=O) groups is 1. The Hall–Kier alpha value is -3.52. The SMILES string of the molecule is CC(C)n1nc(C(=O)Nc2nc(-c3cccc(O)c3)cs2)c2ccccc2c1=O. The molecule has 7 nitrogen and oxygen atoms in total. The predicted octanol–water partition coefficient (Wildman–Crippen LogP) is 4.06. The Balaban J connectivity index is 1.70. The molecule has 2 N–H and O–H groups in total. The number of carbonyl (C=O) groups excluding carboxylic acids is 1. The second-order valence-corrected chi connectivity index (χ2v) is 7.64. The fourth-order valence-corrected chi connectivity index (χ4v) is 3.72. The Morgan fingerprint density at radius 1 is 1.14 bits per heavy atom. The molecule has 0 saturated heterocycles. The van der Waals surface area contributed by atoms with Gasteiger partial charge in [-0.2, -0.15) is 5.10 Å². The van der Waals surface area contributed by atoms with Crippen molar-refractivity contribution in [1.29, 1.82) is 0 Å². The van der Waals surface area contributed by atoms with Crippen LogP contribution in [0.1, 0.15) is 30.4 Å². The van der Waals surface area contributed by atoms with Gasteiger partial charge in [0, 0.05) is 16.3 Å². The lowest BCUT2D eigenvalue weighted by atomic mass is 10.1. The van der Waals surface area contributed by atoms with Gasteiger partial charge in [-0.25, -0.2) is 9.67 Å². The van der Waals surface area contributed by atoms with E-state index in [-0.39, 0.29) is 23.0 Å². The number of hydrogen-bond donors (Lipinski definition) is 2. The van der Waals surface area contributed by atoms with Gasteiger partial charge < -0.3 is 5.11 Å². The molecule has 0 radical (unpaired) electrons. The maximum Gasteiger partial charge on any atom is 0.278 e. The van der Waals surface area contributed by atoms with Crippen LogP contribution in [0.25, 0.3) is 22.0 Å². The van der Waals surface area contributed by atoms with Gasteiger partial charge in [0.25, 0.3) is 11.5 Å². The summed E-state index contributed by atoms with van der Waals surface area (Å²) in [5, 5.41) is 19.9. The molecule has 2 heterocycles. The van der Waals surface area contributed by atoms with E-state index >= 15 is 0 Å². The molecule has 0 spiro atoms. The average molecular weight is 406 g/mol. The van der Waals surface area contributed by atoms with Crippen LogP contribution in [0.5, 0.6) is 5.75 Å². The van der Waals surface area contributed by atoms with Crippen molar-refractivity contribution in [3.05, 3.63) is 70.0 Å². The standard InChI is InChI=1S/C21H18N4O3S/c1-12(2)25-20(28)16-9-4-3-8-15(16)18(24-25)19(27)23-21-22-17(11-29-21)13-6-5-7-14(26)10-13/h3-12,26H,1-2H3,(H,22,23,27). The fraction of sp³-hybridized carbons (Fsp3) is 0.143. The number of amides is 1. The number of aromatic nitrogens is 3. The Bertz CT molecular complexity index is 1280. The Morgan fingerprint density at radius 3 is 2.62 bits per heavy atom. The van der Waals surface area contributed by atoms with Crippen LogP contribution >= 0.6 is 11.3 Å². The van der Waals surface area contributed by atoms with Crippen molar-refractivity contribution in [3.8, 4) is 17.0 Å². The van der Waals surface area contributed by atoms with Crippen LogP contribution in [0.15, 0.2) is 58.7 Å². The summed E-state index contributed by atoms with van der Waals surface area (Å²) in [5.41, 5.74) is 1.33. The number of anilines is 1. The summed E-state index contributed by atoms with van der Waals surface area (Å²) >= 11 is 1.27. The van der Waals surface area contributed by atoms with E-state index in [2.05, 4.69) is 15.4 Å². The molecular formula is C21H18N4O3S. The number of benzene rings is 2. The van der Waals surface area contributed by atoms with Crippen LogP contribution < -0.4 is 10.9 Å². The Kier molecular flexibility index (Phi) is 4.85. The summed E-state index contributed by atoms with van der Waals surface area (Å²) in [4.78, 5) is 30.0. The molecule has 0 atom stereocenters. The summed E-state index contributed by atoms with van der Waals surface area (Å²) in [6, 6.07) is 13.5. The van der Waals surface area contributed by atoms with E-state index < -0.39 is 5.91 Å². The van der Waals surface area contributed by atoms with Crippen molar-refractivity contribution >= 4 is 33.1 Å². The molecule has 2 aromatic carbocycles. The number of hydrogen-bond acceptors (Lipinski definition) is 6. The third-order valence-electron chi connectivity index (χ3n) is 4.40. The molecule has 146 valence electrons. The molecule has 4 rings (SSSR count). The highest BCUT2D eigenvalue weighted by atomic mass is 32.1. The quantitative estimate of drug-likeness (QED) is 0.533. The lowest BCUT2D eigenvalue weighted by Crippen LogP contribution is -2.28. The van der Waals surface area contributed by atoms with Crippen LogP contribution in [-0.4, -0.2) is 25.8 Å². The van der Waals surface area contributed by atoms with Gasteiger partial charge >= 0.3 is 0 Å². The molecule has 0 aliphatic rings. The van der Waals surface area contributed by atoms with Gasteiger partial charge in [-0.05, 0) is 32.0 Å². The lowest BCUT2D eigenvalue weighted by molar-refractivity contribution is 0.102. The van der Waals surface area contributed by atoms with Crippen molar-refractivity contribution in [2.75, 3.05) is 5.32 Å². The molecule has 0 aliphatic heterocycles. The Labute approximate surface area is 170 Å². The summed E-state index contributed by atoms with van der Waals surface area (Å²) in [6.45, 7) is 3.68. The normalized spacial score (nSPS) is 11.1. The highest BCUT2D eigenvalue weighted by Gasteiger charge is 2.19. The van der Waals surface area contributed by atoms with E-state index in [0.29, 0.717) is 21.6 Å². The maximum atomic E-state index is 13.0. The lowest BCUT2D eigenvalue weighted by Gasteiger charge is -2.12. The number of rotatable bonds is 4. The molecule has 1 amide bonds. The van der Waals surface area contributed by atoms with Gasteiger partial charge in [-0.3, -0.25) is 14.9 Å². The van der Waals surface area contributed by atoms with E-state index in [9.17, 15) is 14.7 Å². The molecule has 0 bridgehead atoms. The van der Waals surface area contributed by atoms with Gasteiger partial charge in [0.1, 0.15) is 5.75 Å². The zero-order valence-electron chi connectivity index (χ0n) is 15.8. The van der Waals surface area contributed by atoms with Gasteiger partial charge in [-0.1, -0.05) is 30.3 Å². The number of aromatic hydroxyl groups is 1. The van der Waals surface area contributed by atoms with Gasteiger partial charge in [0.2, 0.25) is 0 Å². The molecule has 0 aliphatic carbocycles. The van der Waals surface area contributed by atoms with Crippen molar-refractivity contribution < 1.29 is 9.90 Å². The van der Waals surface area contributed by atoms with E-state index in [4.69, 9.17) is 0 Å². The third kappa shape index (κ3) is 3.62. The van der Waals surface area contributed by atoms with Gasteiger partial charge in [-0.15, -0.1) is 11.3 Å². The first kappa shape index (κ1) is 18.8. The smallest absolute Gasteiger partial charge is 0.278 e. The van der Waals surface area contributed by atoms with Crippen molar-refractivity contribution in [2.24, 2.45) is 0 Å². The highest BCUT2D eigenvalue weighted by Crippen LogP contribution is 2.27. The maximum absolute atomic E-state index is 13.0. The molecular weight excluding hydrogens is 388 g/mol. The molecule has 29 heavy (non-hydrogen) atoms. The van der Waals surface area contributed by atoms with E-state index in [0.717, 1.165) is 5.56 Å². The zero-order valence-corrected chi connectivity index (χ0v) is 16.6. The number of phenols is 1. The second-order valence-electron chi connectivity index (χ2n) is 6.78. The number of fused-ring (bicyclic) bond motifs is 1. The largest absolute Gasteiger partial charge is 0.508 e. The van der Waals surface area contributed by atoms with E-state index in [1.807, 2.05) is 19.9 Å². The van der Waals surface area contributed by atoms with Crippen LogP contribution in [0.2, 0.25) is 0 Å². The summed E-state index contributed by atoms with van der Waals surface area (Å²) in [7, 11) is 0. The number of thiazole rings is 1.